The average molecular weight is 1680 g/mol. The number of aryl methyl sites for hydroxylation is 1. The maximum absolute atomic E-state index is 15.2. The van der Waals surface area contributed by atoms with Crippen molar-refractivity contribution in [3.63, 3.8) is 0 Å². The molecule has 118 heavy (non-hydrogen) atoms. The Kier molecular flexibility index (Phi) is 32.4. The van der Waals surface area contributed by atoms with Crippen LogP contribution >= 0.6 is 0 Å². The Labute approximate surface area is 682 Å². The van der Waals surface area contributed by atoms with Crippen molar-refractivity contribution >= 4 is 78.3 Å². The second-order valence-electron chi connectivity index (χ2n) is 34.3. The van der Waals surface area contributed by atoms with E-state index in [2.05, 4.69) is 31.9 Å². The maximum atomic E-state index is 15.2. The average Bonchev–Trinajstić information content (AvgIpc) is 1.33. The van der Waals surface area contributed by atoms with Gasteiger partial charge in [-0.25, -0.2) is 33.6 Å². The van der Waals surface area contributed by atoms with Gasteiger partial charge >= 0.3 is 78.1 Å². The van der Waals surface area contributed by atoms with E-state index in [1.807, 2.05) is 0 Å². The number of carbonyl (C=O) groups is 13. The highest BCUT2D eigenvalue weighted by Gasteiger charge is 2.61. The third-order valence-corrected chi connectivity index (χ3v) is 16.6. The van der Waals surface area contributed by atoms with Crippen molar-refractivity contribution in [2.45, 2.75) is 336 Å². The molecule has 6 rings (SSSR count). The zero-order valence-corrected chi connectivity index (χ0v) is 71.1. The van der Waals surface area contributed by atoms with Crippen LogP contribution in [-0.2, 0) is 121 Å². The number of amides is 6. The number of nitrogens with one attached hydrogen (secondary N) is 6. The molecule has 4 heterocycles. The summed E-state index contributed by atoms with van der Waals surface area (Å²) in [5.41, 5.74) is -10.1. The van der Waals surface area contributed by atoms with Crippen molar-refractivity contribution in [2.75, 3.05) is 13.1 Å². The van der Waals surface area contributed by atoms with Crippen molar-refractivity contribution in [3.8, 4) is 0 Å². The molecule has 4 fully saturated rings. The highest BCUT2D eigenvalue weighted by atomic mass is 16.8. The number of hydrogen-bond donors (Lipinski definition) is 6. The number of carbonyl (C=O) groups excluding carboxylic acids is 13. The number of aromatic nitrogens is 2. The monoisotopic (exact) mass is 1680 g/mol. The molecule has 0 spiro atoms. The van der Waals surface area contributed by atoms with E-state index in [0.717, 1.165) is 52.3 Å². The van der Waals surface area contributed by atoms with Gasteiger partial charge in [-0.3, -0.25) is 42.9 Å². The Balaban J connectivity index is 1.76. The highest BCUT2D eigenvalue weighted by molar-refractivity contribution is 5.95. The lowest BCUT2D eigenvalue weighted by molar-refractivity contribution is -0.313. The van der Waals surface area contributed by atoms with Crippen LogP contribution in [0.2, 0.25) is 0 Å². The lowest BCUT2D eigenvalue weighted by Gasteiger charge is -2.50. The standard InChI is InChI=1S/C77H114N8O33/c1-36-34-84(71(100)85(60(36)92)61(93)43-29-27-26-28-30-43)35-48-55(111-63-50(83-70(99)118-77(23,24)25)57(105-41(6)90)54(103-39(4)88)47(108-63)33-79-66(95)114-73(11,12)13)59(106-42(7)91)64(109-48)112-58-51(101-37(2)86)44(80-67(96)115-74(14,15)16)31-45(81-68(97)116-75(17,18)19)52(58)110-62-49(82-69(98)117-76(20,21)22)56(104-40(5)89)53(102-38(3)87)46(107-62)32-78-65(94)113-72(8,9)10/h26-30,34,44-59,62-64H,31-33,35H2,1-25H3,(H,78,94)(H,79,95)(H,80,96)(H,81,97)(H,82,98)(H,83,99)/t44-,45+,46-,47+,48-,49-,50-,51+,52-,53-,54-,55-,56-,57-,58-,59-,62-,63-,64+/m1/s1. The fraction of sp³-hybridized carbons (Fsp3) is 0.701. The predicted molar refractivity (Wildman–Crippen MR) is 406 cm³/mol. The minimum atomic E-state index is -2.34. The molecule has 41 nitrogen and oxygen atoms in total. The number of ether oxygens (including phenoxy) is 18. The van der Waals surface area contributed by atoms with Gasteiger partial charge in [-0.15, -0.1) is 0 Å². The van der Waals surface area contributed by atoms with E-state index in [9.17, 15) is 67.1 Å². The second-order valence-corrected chi connectivity index (χ2v) is 34.3. The predicted octanol–water partition coefficient (Wildman–Crippen LogP) is 4.95. The van der Waals surface area contributed by atoms with E-state index in [0.29, 0.717) is 4.57 Å². The minimum Gasteiger partial charge on any atom is -0.457 e. The van der Waals surface area contributed by atoms with Gasteiger partial charge in [0.2, 0.25) is 0 Å². The maximum Gasteiger partial charge on any atom is 0.408 e. The van der Waals surface area contributed by atoms with Crippen molar-refractivity contribution in [1.29, 1.82) is 0 Å². The van der Waals surface area contributed by atoms with E-state index in [-0.39, 0.29) is 11.1 Å². The first-order valence-corrected chi connectivity index (χ1v) is 38.0. The molecule has 6 amide bonds. The Morgan fingerprint density at radius 2 is 0.703 bits per heavy atom. The van der Waals surface area contributed by atoms with Crippen molar-refractivity contribution < 1.29 is 148 Å². The van der Waals surface area contributed by atoms with E-state index < -0.39 is 265 Å². The van der Waals surface area contributed by atoms with E-state index in [1.165, 1.54) is 114 Å². The van der Waals surface area contributed by atoms with Crippen LogP contribution in [0.5, 0.6) is 0 Å². The Morgan fingerprint density at radius 1 is 0.381 bits per heavy atom. The van der Waals surface area contributed by atoms with Gasteiger partial charge in [0, 0.05) is 58.9 Å². The summed E-state index contributed by atoms with van der Waals surface area (Å²) in [5, 5.41) is 15.6. The molecule has 660 valence electrons. The molecule has 1 aliphatic carbocycles. The van der Waals surface area contributed by atoms with Crippen LogP contribution < -0.4 is 43.1 Å². The van der Waals surface area contributed by atoms with Crippen LogP contribution in [0, 0.1) is 6.92 Å². The lowest BCUT2D eigenvalue weighted by atomic mass is 9.83. The number of nitrogens with zero attached hydrogens (tertiary/aromatic N) is 2. The van der Waals surface area contributed by atoms with Crippen LogP contribution in [0.4, 0.5) is 28.8 Å². The molecule has 1 aromatic carbocycles. The number of hydrogen-bond acceptors (Lipinski definition) is 33. The Morgan fingerprint density at radius 3 is 1.08 bits per heavy atom. The van der Waals surface area contributed by atoms with Crippen LogP contribution in [0.25, 0.3) is 0 Å². The lowest BCUT2D eigenvalue weighted by Crippen LogP contribution is -2.71. The van der Waals surface area contributed by atoms with Crippen LogP contribution in [-0.4, -0.2) is 250 Å². The zero-order chi connectivity index (χ0) is 89.0. The first-order valence-electron chi connectivity index (χ1n) is 38.0. The Hall–Kier alpha value is -10.2. The summed E-state index contributed by atoms with van der Waals surface area (Å²) in [6.07, 6.45) is -37.0. The van der Waals surface area contributed by atoms with Crippen molar-refractivity contribution in [3.05, 3.63) is 68.5 Å². The summed E-state index contributed by atoms with van der Waals surface area (Å²) in [6.45, 7) is 32.1. The molecule has 4 aliphatic rings. The van der Waals surface area contributed by atoms with Gasteiger partial charge in [0.15, 0.2) is 55.5 Å². The first kappa shape index (κ1) is 96.6. The Bertz CT molecular complexity index is 4070. The minimum absolute atomic E-state index is 0.126. The third kappa shape index (κ3) is 29.7. The van der Waals surface area contributed by atoms with E-state index >= 15 is 4.79 Å². The summed E-state index contributed by atoms with van der Waals surface area (Å²) in [4.78, 5) is 211. The summed E-state index contributed by atoms with van der Waals surface area (Å²) >= 11 is 0. The van der Waals surface area contributed by atoms with Crippen molar-refractivity contribution in [2.24, 2.45) is 0 Å². The van der Waals surface area contributed by atoms with Gasteiger partial charge < -0.3 is 117 Å². The van der Waals surface area contributed by atoms with Crippen molar-refractivity contribution in [1.82, 2.24) is 41.0 Å². The molecule has 19 atom stereocenters. The van der Waals surface area contributed by atoms with E-state index in [4.69, 9.17) is 85.3 Å². The first-order chi connectivity index (χ1) is 54.2. The molecule has 0 radical (unpaired) electrons. The van der Waals surface area contributed by atoms with E-state index in [1.54, 1.807) is 47.6 Å². The van der Waals surface area contributed by atoms with Gasteiger partial charge in [-0.05, 0) is 150 Å². The van der Waals surface area contributed by atoms with Crippen LogP contribution in [0.3, 0.4) is 0 Å². The number of alkyl carbamates (subject to hydrolysis) is 6. The SMILES string of the molecule is CC(=O)O[C@@H]1[C@@H](NC(=O)OC(C)(C)C)[C@@H](O[C@H]2[C@@H](OC(C)=O)[C@H](O[C@@H]3[C@@H](OC(C)=O)[C@H](NC(=O)OC(C)(C)C)C[C@H](NC(=O)OC(C)(C)C)[C@H]3O[C@H]3O[C@H](CNC(=O)OC(C)(C)C)[C@@H](OC(C)=O)[C@H](OC(C)=O)[C@H]3NC(=O)OC(C)(C)C)O[C@@H]2Cn2cc(C)c(=O)n(C(=O)c3ccccc3)c2=O)O[C@@H](CNC(=O)OC(C)(C)C)[C@H]1OC(C)=O. The molecule has 41 heteroatoms. The molecule has 3 saturated heterocycles. The normalized spacial score (nSPS) is 26.7. The van der Waals surface area contributed by atoms with Crippen LogP contribution in [0.15, 0.2) is 46.1 Å². The van der Waals surface area contributed by atoms with Gasteiger partial charge in [0.1, 0.15) is 82.3 Å². The van der Waals surface area contributed by atoms with Gasteiger partial charge in [-0.2, -0.15) is 4.57 Å². The molecule has 0 unspecified atom stereocenters. The molecule has 0 bridgehead atoms. The topological polar surface area (TPSA) is 504 Å². The zero-order valence-electron chi connectivity index (χ0n) is 71.1. The summed E-state index contributed by atoms with van der Waals surface area (Å²) < 4.78 is 113. The summed E-state index contributed by atoms with van der Waals surface area (Å²) in [5.74, 6) is -7.60. The quantitative estimate of drug-likeness (QED) is 0.0633. The molecule has 1 saturated carbocycles. The van der Waals surface area contributed by atoms with Gasteiger partial charge in [0.25, 0.3) is 11.5 Å². The molecular weight excluding hydrogens is 1560 g/mol. The number of benzene rings is 1. The van der Waals surface area contributed by atoms with Gasteiger partial charge in [-0.1, -0.05) is 18.2 Å². The van der Waals surface area contributed by atoms with Gasteiger partial charge in [0.05, 0.1) is 31.7 Å². The summed E-state index contributed by atoms with van der Waals surface area (Å²) in [7, 11) is 0. The fourth-order valence-electron chi connectivity index (χ4n) is 12.8. The van der Waals surface area contributed by atoms with Crippen LogP contribution in [0.1, 0.15) is 189 Å². The highest BCUT2D eigenvalue weighted by Crippen LogP contribution is 2.40. The smallest absolute Gasteiger partial charge is 0.408 e. The second kappa shape index (κ2) is 39.6. The third-order valence-electron chi connectivity index (χ3n) is 16.6. The summed E-state index contributed by atoms with van der Waals surface area (Å²) in [6, 6.07) is -0.167. The molecule has 6 N–H and O–H groups in total. The fourth-order valence-corrected chi connectivity index (χ4v) is 12.8. The number of esters is 6. The molecule has 1 aromatic heterocycles. The molecular formula is C77H114N8O33. The largest absolute Gasteiger partial charge is 0.457 e. The number of rotatable bonds is 23. The molecule has 2 aromatic rings. The molecule has 3 aliphatic heterocycles.